The average molecular weight is 304 g/mol. The van der Waals surface area contributed by atoms with Crippen LogP contribution < -0.4 is 9.47 Å². The molecule has 0 saturated carbocycles. The summed E-state index contributed by atoms with van der Waals surface area (Å²) >= 11 is 0. The lowest BCUT2D eigenvalue weighted by Gasteiger charge is -2.29. The lowest BCUT2D eigenvalue weighted by atomic mass is 9.79. The zero-order valence-corrected chi connectivity index (χ0v) is 15.0. The van der Waals surface area contributed by atoms with Crippen molar-refractivity contribution in [3.8, 4) is 11.5 Å². The van der Waals surface area contributed by atoms with Crippen molar-refractivity contribution in [1.29, 1.82) is 0 Å². The molecule has 1 aromatic carbocycles. The van der Waals surface area contributed by atoms with Gasteiger partial charge in [-0.25, -0.2) is 4.79 Å². The number of hydrogen-bond acceptors (Lipinski definition) is 3. The maximum atomic E-state index is 12.0. The highest BCUT2D eigenvalue weighted by Crippen LogP contribution is 2.42. The molecule has 0 fully saturated rings. The van der Waals surface area contributed by atoms with Crippen molar-refractivity contribution in [2.75, 3.05) is 7.11 Å². The van der Waals surface area contributed by atoms with E-state index < -0.39 is 0 Å². The van der Waals surface area contributed by atoms with Crippen LogP contribution in [0.5, 0.6) is 11.5 Å². The molecule has 0 saturated heterocycles. The maximum absolute atomic E-state index is 12.0. The second-order valence-corrected chi connectivity index (χ2v) is 7.47. The third-order valence-corrected chi connectivity index (χ3v) is 3.42. The molecule has 1 aromatic rings. The minimum absolute atomic E-state index is 0.167. The molecule has 122 valence electrons. The molecule has 0 atom stereocenters. The van der Waals surface area contributed by atoms with Crippen LogP contribution in [-0.2, 0) is 15.6 Å². The van der Waals surface area contributed by atoms with E-state index in [1.54, 1.807) is 20.1 Å². The maximum Gasteiger partial charge on any atom is 0.335 e. The van der Waals surface area contributed by atoms with E-state index in [4.69, 9.17) is 9.47 Å². The predicted molar refractivity (Wildman–Crippen MR) is 90.8 cm³/mol. The van der Waals surface area contributed by atoms with Gasteiger partial charge in [0, 0.05) is 17.2 Å². The minimum Gasteiger partial charge on any atom is -0.497 e. The highest BCUT2D eigenvalue weighted by atomic mass is 16.5. The topological polar surface area (TPSA) is 35.5 Å². The van der Waals surface area contributed by atoms with E-state index in [1.807, 2.05) is 12.1 Å². The largest absolute Gasteiger partial charge is 0.497 e. The molecule has 0 heterocycles. The Morgan fingerprint density at radius 3 is 1.77 bits per heavy atom. The van der Waals surface area contributed by atoms with Crippen LogP contribution in [0.1, 0.15) is 59.6 Å². The lowest BCUT2D eigenvalue weighted by Crippen LogP contribution is -2.21. The molecule has 0 unspecified atom stereocenters. The molecule has 0 radical (unpaired) electrons. The van der Waals surface area contributed by atoms with Gasteiger partial charge in [-0.3, -0.25) is 0 Å². The number of methoxy groups -OCH3 is 1. The summed E-state index contributed by atoms with van der Waals surface area (Å²) < 4.78 is 11.1. The molecule has 3 heteroatoms. The quantitative estimate of drug-likeness (QED) is 0.458. The van der Waals surface area contributed by atoms with E-state index in [0.717, 1.165) is 16.9 Å². The van der Waals surface area contributed by atoms with Crippen LogP contribution in [0.15, 0.2) is 24.3 Å². The van der Waals surface area contributed by atoms with Crippen molar-refractivity contribution < 1.29 is 14.3 Å². The Morgan fingerprint density at radius 2 is 1.45 bits per heavy atom. The summed E-state index contributed by atoms with van der Waals surface area (Å²) in [6, 6.07) is 3.90. The number of esters is 1. The van der Waals surface area contributed by atoms with Gasteiger partial charge in [0.05, 0.1) is 7.11 Å². The van der Waals surface area contributed by atoms with Gasteiger partial charge >= 0.3 is 5.97 Å². The summed E-state index contributed by atoms with van der Waals surface area (Å²) in [7, 11) is 1.65. The SMILES string of the molecule is C/C=C/C(=O)Oc1c(C(C)(C)C)cc(OC)cc1C(C)(C)C. The van der Waals surface area contributed by atoms with Crippen LogP contribution >= 0.6 is 0 Å². The number of hydrogen-bond donors (Lipinski definition) is 0. The van der Waals surface area contributed by atoms with Gasteiger partial charge < -0.3 is 9.47 Å². The van der Waals surface area contributed by atoms with Gasteiger partial charge in [0.2, 0.25) is 0 Å². The van der Waals surface area contributed by atoms with E-state index in [-0.39, 0.29) is 16.8 Å². The summed E-state index contributed by atoms with van der Waals surface area (Å²) in [5, 5.41) is 0. The Labute approximate surface area is 134 Å². The minimum atomic E-state index is -0.358. The fraction of sp³-hybridized carbons (Fsp3) is 0.526. The Morgan fingerprint density at radius 1 is 1.00 bits per heavy atom. The van der Waals surface area contributed by atoms with Gasteiger partial charge in [0.15, 0.2) is 0 Å². The second kappa shape index (κ2) is 6.55. The molecule has 0 aliphatic rings. The number of carbonyl (C=O) groups is 1. The summed E-state index contributed by atoms with van der Waals surface area (Å²) in [5.41, 5.74) is 1.60. The lowest BCUT2D eigenvalue weighted by molar-refractivity contribution is -0.129. The molecular weight excluding hydrogens is 276 g/mol. The van der Waals surface area contributed by atoms with Crippen LogP contribution in [0.3, 0.4) is 0 Å². The van der Waals surface area contributed by atoms with Crippen LogP contribution in [0, 0.1) is 0 Å². The van der Waals surface area contributed by atoms with Crippen LogP contribution in [0.4, 0.5) is 0 Å². The van der Waals surface area contributed by atoms with Gasteiger partial charge in [-0.15, -0.1) is 0 Å². The predicted octanol–water partition coefficient (Wildman–Crippen LogP) is 4.77. The summed E-state index contributed by atoms with van der Waals surface area (Å²) in [5.74, 6) is 1.06. The number of carbonyl (C=O) groups excluding carboxylic acids is 1. The van der Waals surface area contributed by atoms with Gasteiger partial charge in [-0.1, -0.05) is 47.6 Å². The molecule has 0 N–H and O–H groups in total. The first-order valence-corrected chi connectivity index (χ1v) is 7.58. The molecule has 22 heavy (non-hydrogen) atoms. The molecule has 0 amide bonds. The molecule has 0 spiro atoms. The highest BCUT2D eigenvalue weighted by Gasteiger charge is 2.29. The highest BCUT2D eigenvalue weighted by molar-refractivity contribution is 5.84. The average Bonchev–Trinajstić information content (AvgIpc) is 2.36. The molecule has 0 bridgehead atoms. The number of allylic oxidation sites excluding steroid dienone is 1. The zero-order chi connectivity index (χ0) is 17.1. The van der Waals surface area contributed by atoms with Gasteiger partial charge in [-0.2, -0.15) is 0 Å². The standard InChI is InChI=1S/C19H28O3/c1-9-10-16(20)22-17-14(18(2,3)4)11-13(21-8)12-15(17)19(5,6)7/h9-12H,1-8H3/b10-9+. The van der Waals surface area contributed by atoms with Crippen molar-refractivity contribution in [2.24, 2.45) is 0 Å². The molecule has 0 aliphatic carbocycles. The summed E-state index contributed by atoms with van der Waals surface area (Å²) in [4.78, 5) is 12.0. The molecule has 0 aliphatic heterocycles. The third-order valence-electron chi connectivity index (χ3n) is 3.42. The van der Waals surface area contributed by atoms with Crippen molar-refractivity contribution in [3.63, 3.8) is 0 Å². The first-order valence-electron chi connectivity index (χ1n) is 7.58. The Hall–Kier alpha value is -1.77. The van der Waals surface area contributed by atoms with E-state index >= 15 is 0 Å². The first kappa shape index (κ1) is 18.3. The number of ether oxygens (including phenoxy) is 2. The Kier molecular flexibility index (Phi) is 5.44. The normalized spacial score (nSPS) is 12.5. The van der Waals surface area contributed by atoms with E-state index in [9.17, 15) is 4.79 Å². The fourth-order valence-corrected chi connectivity index (χ4v) is 2.22. The fourth-order valence-electron chi connectivity index (χ4n) is 2.22. The number of rotatable bonds is 3. The van der Waals surface area contributed by atoms with Crippen molar-refractivity contribution in [3.05, 3.63) is 35.4 Å². The van der Waals surface area contributed by atoms with E-state index in [2.05, 4.69) is 41.5 Å². The second-order valence-electron chi connectivity index (χ2n) is 7.47. The van der Waals surface area contributed by atoms with Gasteiger partial charge in [-0.05, 0) is 29.9 Å². The monoisotopic (exact) mass is 304 g/mol. The molecule has 1 rings (SSSR count). The van der Waals surface area contributed by atoms with Crippen LogP contribution in [0.25, 0.3) is 0 Å². The van der Waals surface area contributed by atoms with E-state index in [0.29, 0.717) is 5.75 Å². The van der Waals surface area contributed by atoms with Crippen LogP contribution in [0.2, 0.25) is 0 Å². The Bertz CT molecular complexity index is 534. The van der Waals surface area contributed by atoms with Gasteiger partial charge in [0.1, 0.15) is 11.5 Å². The summed E-state index contributed by atoms with van der Waals surface area (Å²) in [6.45, 7) is 14.4. The zero-order valence-electron chi connectivity index (χ0n) is 15.0. The molecular formula is C19H28O3. The first-order chi connectivity index (χ1) is 10.0. The summed E-state index contributed by atoms with van der Waals surface area (Å²) in [6.07, 6.45) is 3.11. The van der Waals surface area contributed by atoms with Crippen molar-refractivity contribution >= 4 is 5.97 Å². The Balaban J connectivity index is 3.62. The third kappa shape index (κ3) is 4.36. The van der Waals surface area contributed by atoms with Crippen molar-refractivity contribution in [2.45, 2.75) is 59.3 Å². The van der Waals surface area contributed by atoms with Gasteiger partial charge in [0.25, 0.3) is 0 Å². The van der Waals surface area contributed by atoms with Crippen molar-refractivity contribution in [1.82, 2.24) is 0 Å². The van der Waals surface area contributed by atoms with E-state index in [1.165, 1.54) is 6.08 Å². The molecule has 0 aromatic heterocycles. The number of benzene rings is 1. The molecule has 3 nitrogen and oxygen atoms in total. The smallest absolute Gasteiger partial charge is 0.335 e. The van der Waals surface area contributed by atoms with Crippen LogP contribution in [-0.4, -0.2) is 13.1 Å².